The minimum absolute atomic E-state index is 0.0447. The van der Waals surface area contributed by atoms with Crippen molar-refractivity contribution in [1.82, 2.24) is 40.9 Å². The lowest BCUT2D eigenvalue weighted by Crippen LogP contribution is -2.62. The van der Waals surface area contributed by atoms with Gasteiger partial charge >= 0.3 is 13.3 Å². The first-order valence-electron chi connectivity index (χ1n) is 27.2. The molecule has 4 aliphatic rings. The van der Waals surface area contributed by atoms with Gasteiger partial charge in [-0.1, -0.05) is 60.7 Å². The van der Waals surface area contributed by atoms with Crippen molar-refractivity contribution in [3.8, 4) is 11.8 Å². The van der Waals surface area contributed by atoms with Gasteiger partial charge in [0.2, 0.25) is 41.4 Å². The molecule has 6 atom stereocenters. The van der Waals surface area contributed by atoms with Crippen molar-refractivity contribution < 1.29 is 66.3 Å². The van der Waals surface area contributed by atoms with Crippen LogP contribution >= 0.6 is 18.9 Å². The fraction of sp³-hybridized carbons (Fsp3) is 0.456. The molecule has 0 bridgehead atoms. The third kappa shape index (κ3) is 14.2. The molecule has 2 unspecified atom stereocenters. The molecule has 25 heteroatoms. The molecule has 3 saturated heterocycles. The van der Waals surface area contributed by atoms with E-state index in [1.807, 2.05) is 49.3 Å². The van der Waals surface area contributed by atoms with Crippen LogP contribution in [0.1, 0.15) is 132 Å². The van der Waals surface area contributed by atoms with Crippen LogP contribution in [0.5, 0.6) is 0 Å². The highest BCUT2D eigenvalue weighted by atomic mass is 32.1. The molecule has 0 spiro atoms. The molecule has 8 N–H and O–H groups in total. The van der Waals surface area contributed by atoms with Crippen LogP contribution in [-0.4, -0.2) is 146 Å². The highest BCUT2D eigenvalue weighted by molar-refractivity contribution is 7.52. The second-order valence-electron chi connectivity index (χ2n) is 21.3. The van der Waals surface area contributed by atoms with Crippen LogP contribution in [0.3, 0.4) is 0 Å². The summed E-state index contributed by atoms with van der Waals surface area (Å²) in [6.45, 7) is 0.627. The van der Waals surface area contributed by atoms with E-state index in [0.717, 1.165) is 29.0 Å². The van der Waals surface area contributed by atoms with Crippen LogP contribution < -0.4 is 27.0 Å². The van der Waals surface area contributed by atoms with Crippen molar-refractivity contribution in [2.24, 2.45) is 5.73 Å². The highest BCUT2D eigenvalue weighted by Gasteiger charge is 2.51. The maximum atomic E-state index is 15.0. The number of hydrogen-bond donors (Lipinski definition) is 7. The number of amides is 9. The van der Waals surface area contributed by atoms with Crippen molar-refractivity contribution in [2.45, 2.75) is 132 Å². The van der Waals surface area contributed by atoms with Crippen molar-refractivity contribution in [1.29, 1.82) is 0 Å². The second-order valence-corrected chi connectivity index (χ2v) is 24.1. The molecule has 5 heterocycles. The Morgan fingerprint density at radius 2 is 1.68 bits per heavy atom. The van der Waals surface area contributed by atoms with Crippen LogP contribution in [-0.2, 0) is 50.3 Å². The maximum absolute atomic E-state index is 15.0. The highest BCUT2D eigenvalue weighted by Crippen LogP contribution is 2.59. The first-order valence-corrected chi connectivity index (χ1v) is 29.7. The number of hydrogen-bond acceptors (Lipinski definition) is 12. The Kier molecular flexibility index (Phi) is 19.4. The number of carbonyl (C=O) groups is 9. The minimum Gasteiger partial charge on any atom is -0.370 e. The number of thiophene rings is 1. The zero-order valence-electron chi connectivity index (χ0n) is 45.4. The smallest absolute Gasteiger partial charge is 0.370 e. The molecule has 21 nitrogen and oxygen atoms in total. The first-order chi connectivity index (χ1) is 39.0. The van der Waals surface area contributed by atoms with E-state index in [0.29, 0.717) is 66.5 Å². The van der Waals surface area contributed by atoms with Gasteiger partial charge in [0, 0.05) is 72.7 Å². The largest absolute Gasteiger partial charge is 0.399 e. The number of rotatable bonds is 21. The lowest BCUT2D eigenvalue weighted by atomic mass is 10.0. The summed E-state index contributed by atoms with van der Waals surface area (Å²) >= 11 is 0.873. The predicted molar refractivity (Wildman–Crippen MR) is 297 cm³/mol. The van der Waals surface area contributed by atoms with Gasteiger partial charge in [-0.05, 0) is 119 Å². The van der Waals surface area contributed by atoms with Crippen LogP contribution in [0, 0.1) is 11.8 Å². The molecule has 8 rings (SSSR count). The Morgan fingerprint density at radius 3 is 2.40 bits per heavy atom. The quantitative estimate of drug-likeness (QED) is 0.0268. The molecule has 436 valence electrons. The summed E-state index contributed by atoms with van der Waals surface area (Å²) in [7, 11) is -2.13. The number of primary amides is 1. The lowest BCUT2D eigenvalue weighted by Gasteiger charge is -2.39. The molecular weight excluding hydrogens is 1100 g/mol. The van der Waals surface area contributed by atoms with E-state index in [1.165, 1.54) is 26.8 Å². The molecular formula is C57H66F2N9O12PS. The second kappa shape index (κ2) is 26.2. The Morgan fingerprint density at radius 1 is 0.915 bits per heavy atom. The van der Waals surface area contributed by atoms with E-state index >= 15 is 4.79 Å². The van der Waals surface area contributed by atoms with E-state index in [-0.39, 0.29) is 92.6 Å². The van der Waals surface area contributed by atoms with Gasteiger partial charge in [-0.3, -0.25) is 53.0 Å². The maximum Gasteiger partial charge on any atom is 0.399 e. The van der Waals surface area contributed by atoms with Gasteiger partial charge in [-0.2, -0.15) is 8.78 Å². The summed E-state index contributed by atoms with van der Waals surface area (Å²) in [5.74, 6) is 1.36. The SMILES string of the molecule is CN(C)CC[C@@H](NC(=O)C(CCC(N)=O)NC(=O)[C@@H]1CC[C@@H]2CCN(C(=O)CCCCCC#Cc3cccc4c3CN(C3CCC(=O)NC3=O)C4=O)C[C@H](NC(=O)c3cc4cc(C(F)(F)P(=O)(O)O)ccc4s3)C(=O)N21)c1ccccc1. The number of nitrogens with one attached hydrogen (secondary N) is 4. The van der Waals surface area contributed by atoms with Gasteiger partial charge in [0.1, 0.15) is 24.2 Å². The lowest BCUT2D eigenvalue weighted by molar-refractivity contribution is -0.145. The number of unbranched alkanes of at least 4 members (excludes halogenated alkanes) is 3. The van der Waals surface area contributed by atoms with Crippen molar-refractivity contribution >= 4 is 82.2 Å². The Bertz CT molecular complexity index is 3250. The normalized spacial score (nSPS) is 20.0. The predicted octanol–water partition coefficient (Wildman–Crippen LogP) is 4.14. The third-order valence-electron chi connectivity index (χ3n) is 15.3. The van der Waals surface area contributed by atoms with E-state index in [2.05, 4.69) is 33.1 Å². The molecule has 4 aliphatic heterocycles. The number of nitrogens with zero attached hydrogens (tertiary/aromatic N) is 4. The number of piperidine rings is 1. The van der Waals surface area contributed by atoms with Gasteiger partial charge in [-0.15, -0.1) is 11.3 Å². The van der Waals surface area contributed by atoms with E-state index in [1.54, 1.807) is 18.2 Å². The van der Waals surface area contributed by atoms with Crippen molar-refractivity contribution in [3.05, 3.63) is 105 Å². The summed E-state index contributed by atoms with van der Waals surface area (Å²) < 4.78 is 41.5. The fourth-order valence-corrected chi connectivity index (χ4v) is 12.3. The van der Waals surface area contributed by atoms with Crippen LogP contribution in [0.15, 0.2) is 72.8 Å². The molecule has 9 amide bonds. The number of fused-ring (bicyclic) bond motifs is 3. The molecule has 82 heavy (non-hydrogen) atoms. The van der Waals surface area contributed by atoms with Gasteiger partial charge < -0.3 is 51.1 Å². The number of imide groups is 1. The van der Waals surface area contributed by atoms with E-state index < -0.39 is 90.5 Å². The van der Waals surface area contributed by atoms with Gasteiger partial charge in [0.15, 0.2) is 0 Å². The zero-order valence-corrected chi connectivity index (χ0v) is 47.1. The summed E-state index contributed by atoms with van der Waals surface area (Å²) in [6.07, 6.45) is 3.48. The van der Waals surface area contributed by atoms with Crippen LogP contribution in [0.4, 0.5) is 8.78 Å². The number of carbonyl (C=O) groups excluding carboxylic acids is 9. The van der Waals surface area contributed by atoms with Gasteiger partial charge in [0.25, 0.3) is 11.8 Å². The monoisotopic (exact) mass is 1170 g/mol. The summed E-state index contributed by atoms with van der Waals surface area (Å²) in [5.41, 5.74) is 2.66. The molecule has 1 aromatic heterocycles. The molecule has 3 fully saturated rings. The number of nitrogens with two attached hydrogens (primary N) is 1. The number of halogens is 2. The summed E-state index contributed by atoms with van der Waals surface area (Å²) in [4.78, 5) is 146. The number of benzene rings is 3. The molecule has 3 aromatic carbocycles. The molecule has 0 radical (unpaired) electrons. The zero-order chi connectivity index (χ0) is 59.0. The Labute approximate surface area is 476 Å². The fourth-order valence-electron chi connectivity index (χ4n) is 10.9. The standard InChI is InChI=1S/C57H66F2N9O12PS/c1-65(2)28-27-41(35-13-8-6-9-14-35)61-51(72)42(20-24-48(60)69)62-53(74)45-21-19-38-26-29-66(33-43(56(77)68(38)45)63-54(75)47-31-36-30-37(18-23-46(36)82-47)57(58,59)81(78,79)80)50(71)17-10-5-3-4-7-12-34-15-11-16-39-40(34)32-67(55(39)76)44-22-25-49(70)64-52(44)73/h6,8-9,11,13-16,18,23,30-31,38,41-45H,3-5,10,17,19-22,24-29,32-33H2,1-2H3,(H2,60,69)(H,61,72)(H,62,74)(H,63,75)(H,64,70,73)(H2,78,79,80)/t38-,41-,42?,43+,44?,45+/m1/s1. The van der Waals surface area contributed by atoms with Gasteiger partial charge in [0.05, 0.1) is 10.9 Å². The Balaban J connectivity index is 0.956. The average Bonchev–Trinajstić information content (AvgIpc) is 4.37. The van der Waals surface area contributed by atoms with Crippen LogP contribution in [0.2, 0.25) is 0 Å². The molecule has 4 aromatic rings. The third-order valence-corrected chi connectivity index (χ3v) is 17.4. The van der Waals surface area contributed by atoms with E-state index in [4.69, 9.17) is 5.73 Å². The average molecular weight is 1170 g/mol. The summed E-state index contributed by atoms with van der Waals surface area (Å²) in [5, 5.41) is 10.9. The first kappa shape index (κ1) is 60.7. The van der Waals surface area contributed by atoms with E-state index in [9.17, 15) is 61.5 Å². The topological polar surface area (TPSA) is 298 Å². The number of alkyl halides is 2. The Hall–Kier alpha value is -7.42. The molecule has 0 saturated carbocycles. The van der Waals surface area contributed by atoms with Crippen molar-refractivity contribution in [3.63, 3.8) is 0 Å². The minimum atomic E-state index is -5.92. The van der Waals surface area contributed by atoms with Crippen molar-refractivity contribution in [2.75, 3.05) is 33.7 Å². The molecule has 0 aliphatic carbocycles. The van der Waals surface area contributed by atoms with Gasteiger partial charge in [-0.25, -0.2) is 0 Å². The van der Waals surface area contributed by atoms with Crippen LogP contribution in [0.25, 0.3) is 10.1 Å². The summed E-state index contributed by atoms with van der Waals surface area (Å²) in [6, 6.07) is 13.0.